The Balaban J connectivity index is 1.55. The summed E-state index contributed by atoms with van der Waals surface area (Å²) in [6.45, 7) is 0.575. The summed E-state index contributed by atoms with van der Waals surface area (Å²) >= 11 is 1.62. The minimum atomic E-state index is -0.258. The molecule has 1 amide bonds. The summed E-state index contributed by atoms with van der Waals surface area (Å²) < 4.78 is 11.0. The van der Waals surface area contributed by atoms with Gasteiger partial charge in [0, 0.05) is 16.8 Å². The van der Waals surface area contributed by atoms with E-state index in [2.05, 4.69) is 16.3 Å². The maximum atomic E-state index is 13.6. The van der Waals surface area contributed by atoms with E-state index in [1.54, 1.807) is 37.7 Å². The number of methoxy groups -OCH3 is 2. The number of carbonyl (C=O) groups is 1. The highest BCUT2D eigenvalue weighted by atomic mass is 32.1. The SMILES string of the molecule is COc1cc2c(cc1OC)[C@@H](c1cccs1)N(C(=O)Cc1n[nH]c(=O)c3ccccc13)CC2. The fourth-order valence-corrected chi connectivity index (χ4v) is 5.37. The standard InChI is InChI=1S/C25H23N3O4S/c1-31-20-12-15-9-10-28(24(22-8-5-11-33-22)18(15)13-21(20)32-2)23(29)14-19-16-6-3-4-7-17(16)25(30)27-26-19/h3-8,11-13,24H,9-10,14H2,1-2H3,(H,27,30)/t24-/m0/s1. The lowest BCUT2D eigenvalue weighted by molar-refractivity contribution is -0.132. The Bertz CT molecular complexity index is 1380. The first-order valence-electron chi connectivity index (χ1n) is 10.6. The largest absolute Gasteiger partial charge is 0.493 e. The van der Waals surface area contributed by atoms with Crippen LogP contribution in [-0.2, 0) is 17.6 Å². The Labute approximate surface area is 194 Å². The van der Waals surface area contributed by atoms with Crippen LogP contribution in [0.5, 0.6) is 11.5 Å². The first-order chi connectivity index (χ1) is 16.1. The van der Waals surface area contributed by atoms with Crippen LogP contribution in [0.1, 0.15) is 27.7 Å². The number of fused-ring (bicyclic) bond motifs is 2. The molecular formula is C25H23N3O4S. The Morgan fingerprint density at radius 2 is 1.88 bits per heavy atom. The van der Waals surface area contributed by atoms with E-state index in [0.717, 1.165) is 16.0 Å². The Kier molecular flexibility index (Phi) is 5.60. The molecule has 0 saturated carbocycles. The van der Waals surface area contributed by atoms with Crippen molar-refractivity contribution in [1.82, 2.24) is 15.1 Å². The average molecular weight is 462 g/mol. The number of aromatic amines is 1. The van der Waals surface area contributed by atoms with Gasteiger partial charge in [-0.2, -0.15) is 5.10 Å². The molecule has 0 bridgehead atoms. The van der Waals surface area contributed by atoms with Crippen molar-refractivity contribution in [2.24, 2.45) is 0 Å². The third-order valence-electron chi connectivity index (χ3n) is 6.10. The second kappa shape index (κ2) is 8.71. The molecule has 0 fully saturated rings. The number of carbonyl (C=O) groups excluding carboxylic acids is 1. The van der Waals surface area contributed by atoms with Crippen molar-refractivity contribution in [3.63, 3.8) is 0 Å². The third kappa shape index (κ3) is 3.76. The van der Waals surface area contributed by atoms with Gasteiger partial charge < -0.3 is 14.4 Å². The van der Waals surface area contributed by atoms with Crippen LogP contribution < -0.4 is 15.0 Å². The van der Waals surface area contributed by atoms with Crippen molar-refractivity contribution in [1.29, 1.82) is 0 Å². The molecule has 5 rings (SSSR count). The number of nitrogens with one attached hydrogen (secondary N) is 1. The summed E-state index contributed by atoms with van der Waals surface area (Å²) in [6, 6.07) is 15.0. The molecular weight excluding hydrogens is 438 g/mol. The molecule has 1 N–H and O–H groups in total. The first-order valence-corrected chi connectivity index (χ1v) is 11.5. The molecule has 2 aromatic heterocycles. The first kappa shape index (κ1) is 21.2. The summed E-state index contributed by atoms with van der Waals surface area (Å²) in [5.41, 5.74) is 2.49. The van der Waals surface area contributed by atoms with Crippen LogP contribution in [0.4, 0.5) is 0 Å². The fraction of sp³-hybridized carbons (Fsp3) is 0.240. The normalized spacial score (nSPS) is 15.3. The van der Waals surface area contributed by atoms with Gasteiger partial charge in [-0.25, -0.2) is 5.10 Å². The van der Waals surface area contributed by atoms with E-state index in [1.807, 2.05) is 40.6 Å². The number of hydrogen-bond donors (Lipinski definition) is 1. The van der Waals surface area contributed by atoms with Gasteiger partial charge in [0.1, 0.15) is 0 Å². The minimum Gasteiger partial charge on any atom is -0.493 e. The van der Waals surface area contributed by atoms with Crippen LogP contribution in [0.3, 0.4) is 0 Å². The molecule has 1 aliphatic heterocycles. The number of H-pyrrole nitrogens is 1. The lowest BCUT2D eigenvalue weighted by Gasteiger charge is -2.37. The molecule has 0 aliphatic carbocycles. The van der Waals surface area contributed by atoms with Crippen molar-refractivity contribution < 1.29 is 14.3 Å². The molecule has 0 saturated heterocycles. The average Bonchev–Trinajstić information content (AvgIpc) is 3.38. The number of ether oxygens (including phenoxy) is 2. The van der Waals surface area contributed by atoms with Crippen LogP contribution >= 0.6 is 11.3 Å². The summed E-state index contributed by atoms with van der Waals surface area (Å²) in [4.78, 5) is 28.8. The van der Waals surface area contributed by atoms with Crippen molar-refractivity contribution in [3.05, 3.63) is 86.0 Å². The van der Waals surface area contributed by atoms with Gasteiger partial charge in [0.2, 0.25) is 5.91 Å². The Morgan fingerprint density at radius 1 is 1.12 bits per heavy atom. The van der Waals surface area contributed by atoms with Gasteiger partial charge in [0.15, 0.2) is 11.5 Å². The van der Waals surface area contributed by atoms with Gasteiger partial charge in [-0.1, -0.05) is 24.3 Å². The van der Waals surface area contributed by atoms with Crippen molar-refractivity contribution in [2.75, 3.05) is 20.8 Å². The quantitative estimate of drug-likeness (QED) is 0.490. The Morgan fingerprint density at radius 3 is 2.61 bits per heavy atom. The second-order valence-electron chi connectivity index (χ2n) is 7.88. The molecule has 168 valence electrons. The maximum absolute atomic E-state index is 13.6. The summed E-state index contributed by atoms with van der Waals surface area (Å²) in [6.07, 6.45) is 0.810. The smallest absolute Gasteiger partial charge is 0.272 e. The zero-order chi connectivity index (χ0) is 22.9. The fourth-order valence-electron chi connectivity index (χ4n) is 4.52. The lowest BCUT2D eigenvalue weighted by atomic mass is 9.90. The summed E-state index contributed by atoms with van der Waals surface area (Å²) in [5.74, 6) is 1.28. The highest BCUT2D eigenvalue weighted by Gasteiger charge is 2.34. The predicted molar refractivity (Wildman–Crippen MR) is 127 cm³/mol. The van der Waals surface area contributed by atoms with Gasteiger partial charge in [-0.15, -0.1) is 11.3 Å². The lowest BCUT2D eigenvalue weighted by Crippen LogP contribution is -2.41. The van der Waals surface area contributed by atoms with Crippen LogP contribution in [0.25, 0.3) is 10.8 Å². The molecule has 1 aliphatic rings. The summed E-state index contributed by atoms with van der Waals surface area (Å²) in [5, 5.41) is 9.98. The molecule has 33 heavy (non-hydrogen) atoms. The topological polar surface area (TPSA) is 84.5 Å². The van der Waals surface area contributed by atoms with Crippen LogP contribution in [0.15, 0.2) is 58.7 Å². The van der Waals surface area contributed by atoms with Gasteiger partial charge in [0.25, 0.3) is 5.56 Å². The van der Waals surface area contributed by atoms with E-state index in [4.69, 9.17) is 9.47 Å². The molecule has 8 heteroatoms. The number of benzene rings is 2. The zero-order valence-electron chi connectivity index (χ0n) is 18.3. The number of rotatable bonds is 5. The van der Waals surface area contributed by atoms with Crippen LogP contribution in [0, 0.1) is 0 Å². The number of aromatic nitrogens is 2. The van der Waals surface area contributed by atoms with Crippen molar-refractivity contribution in [3.8, 4) is 11.5 Å². The molecule has 4 aromatic rings. The number of nitrogens with zero attached hydrogens (tertiary/aromatic N) is 2. The van der Waals surface area contributed by atoms with Gasteiger partial charge >= 0.3 is 0 Å². The van der Waals surface area contributed by atoms with E-state index < -0.39 is 0 Å². The van der Waals surface area contributed by atoms with E-state index in [1.165, 1.54) is 0 Å². The van der Waals surface area contributed by atoms with Crippen molar-refractivity contribution in [2.45, 2.75) is 18.9 Å². The molecule has 7 nitrogen and oxygen atoms in total. The van der Waals surface area contributed by atoms with Crippen LogP contribution in [0.2, 0.25) is 0 Å². The molecule has 0 spiro atoms. The Hall–Kier alpha value is -3.65. The van der Waals surface area contributed by atoms with E-state index in [9.17, 15) is 9.59 Å². The van der Waals surface area contributed by atoms with E-state index >= 15 is 0 Å². The highest BCUT2D eigenvalue weighted by molar-refractivity contribution is 7.10. The molecule has 1 atom stereocenters. The van der Waals surface area contributed by atoms with E-state index in [0.29, 0.717) is 40.9 Å². The van der Waals surface area contributed by atoms with Crippen molar-refractivity contribution >= 4 is 28.0 Å². The molecule has 2 aromatic carbocycles. The minimum absolute atomic E-state index is 0.0430. The van der Waals surface area contributed by atoms with Gasteiger partial charge in [-0.05, 0) is 47.2 Å². The zero-order valence-corrected chi connectivity index (χ0v) is 19.1. The molecule has 0 unspecified atom stereocenters. The maximum Gasteiger partial charge on any atom is 0.272 e. The number of thiophene rings is 1. The predicted octanol–water partition coefficient (Wildman–Crippen LogP) is 3.72. The molecule has 3 heterocycles. The van der Waals surface area contributed by atoms with E-state index in [-0.39, 0.29) is 23.9 Å². The third-order valence-corrected chi connectivity index (χ3v) is 7.03. The second-order valence-corrected chi connectivity index (χ2v) is 8.86. The van der Waals surface area contributed by atoms with Gasteiger partial charge in [-0.3, -0.25) is 9.59 Å². The van der Waals surface area contributed by atoms with Crippen LogP contribution in [-0.4, -0.2) is 41.8 Å². The monoisotopic (exact) mass is 461 g/mol. The highest BCUT2D eigenvalue weighted by Crippen LogP contribution is 2.42. The summed E-state index contributed by atoms with van der Waals surface area (Å²) in [7, 11) is 3.24. The number of amides is 1. The molecule has 0 radical (unpaired) electrons. The van der Waals surface area contributed by atoms with Gasteiger partial charge in [0.05, 0.1) is 37.8 Å². The number of hydrogen-bond acceptors (Lipinski definition) is 6.